The SMILES string of the molecule is CCC(=O)N1CCC(c2cc(C)c(O)c(C)c2)CC1. The summed E-state index contributed by atoms with van der Waals surface area (Å²) in [5.41, 5.74) is 3.19. The van der Waals surface area contributed by atoms with Gasteiger partial charge in [0.15, 0.2) is 0 Å². The van der Waals surface area contributed by atoms with Gasteiger partial charge in [-0.25, -0.2) is 0 Å². The summed E-state index contributed by atoms with van der Waals surface area (Å²) in [6.07, 6.45) is 2.65. The minimum Gasteiger partial charge on any atom is -0.507 e. The number of benzene rings is 1. The summed E-state index contributed by atoms with van der Waals surface area (Å²) < 4.78 is 0. The normalized spacial score (nSPS) is 16.7. The number of amides is 1. The number of likely N-dealkylation sites (tertiary alicyclic amines) is 1. The van der Waals surface area contributed by atoms with Crippen molar-refractivity contribution in [1.82, 2.24) is 4.90 Å². The Morgan fingerprint density at radius 2 is 1.79 bits per heavy atom. The van der Waals surface area contributed by atoms with Crippen LogP contribution in [0.25, 0.3) is 0 Å². The number of aromatic hydroxyl groups is 1. The van der Waals surface area contributed by atoms with E-state index in [-0.39, 0.29) is 5.91 Å². The molecular formula is C16H23NO2. The van der Waals surface area contributed by atoms with Crippen LogP contribution in [0.4, 0.5) is 0 Å². The van der Waals surface area contributed by atoms with Gasteiger partial charge in [0.25, 0.3) is 0 Å². The molecule has 2 rings (SSSR count). The van der Waals surface area contributed by atoms with Gasteiger partial charge in [0.2, 0.25) is 5.91 Å². The summed E-state index contributed by atoms with van der Waals surface area (Å²) in [4.78, 5) is 13.6. The predicted molar refractivity (Wildman–Crippen MR) is 76.4 cm³/mol. The number of phenolic OH excluding ortho intramolecular Hbond substituents is 1. The lowest BCUT2D eigenvalue weighted by molar-refractivity contribution is -0.131. The minimum atomic E-state index is 0.261. The summed E-state index contributed by atoms with van der Waals surface area (Å²) in [5.74, 6) is 1.18. The number of piperidine rings is 1. The van der Waals surface area contributed by atoms with Crippen molar-refractivity contribution in [1.29, 1.82) is 0 Å². The van der Waals surface area contributed by atoms with Crippen molar-refractivity contribution in [2.75, 3.05) is 13.1 Å². The Balaban J connectivity index is 2.08. The van der Waals surface area contributed by atoms with Crippen molar-refractivity contribution in [3.05, 3.63) is 28.8 Å². The van der Waals surface area contributed by atoms with E-state index < -0.39 is 0 Å². The monoisotopic (exact) mass is 261 g/mol. The van der Waals surface area contributed by atoms with Crippen LogP contribution in [-0.2, 0) is 4.79 Å². The Hall–Kier alpha value is -1.51. The first kappa shape index (κ1) is 13.9. The Morgan fingerprint density at radius 3 is 2.26 bits per heavy atom. The van der Waals surface area contributed by atoms with Gasteiger partial charge in [0.1, 0.15) is 5.75 Å². The van der Waals surface area contributed by atoms with Crippen molar-refractivity contribution in [2.45, 2.75) is 46.0 Å². The number of aryl methyl sites for hydroxylation is 2. The third kappa shape index (κ3) is 2.91. The second-order valence-electron chi connectivity index (χ2n) is 5.51. The first-order valence-electron chi connectivity index (χ1n) is 7.10. The Labute approximate surface area is 115 Å². The molecule has 0 unspecified atom stereocenters. The Bertz CT molecular complexity index is 451. The topological polar surface area (TPSA) is 40.5 Å². The number of hydrogen-bond acceptors (Lipinski definition) is 2. The van der Waals surface area contributed by atoms with Crippen molar-refractivity contribution in [3.63, 3.8) is 0 Å². The summed E-state index contributed by atoms with van der Waals surface area (Å²) in [7, 11) is 0. The highest BCUT2D eigenvalue weighted by Gasteiger charge is 2.23. The molecule has 1 saturated heterocycles. The molecule has 1 N–H and O–H groups in total. The van der Waals surface area contributed by atoms with Crippen LogP contribution in [0.3, 0.4) is 0 Å². The second-order valence-corrected chi connectivity index (χ2v) is 5.51. The standard InChI is InChI=1S/C16H23NO2/c1-4-15(18)17-7-5-13(6-8-17)14-9-11(2)16(19)12(3)10-14/h9-10,13,19H,4-8H2,1-3H3. The fourth-order valence-corrected chi connectivity index (χ4v) is 2.91. The molecule has 104 valence electrons. The third-order valence-electron chi connectivity index (χ3n) is 4.13. The maximum Gasteiger partial charge on any atom is 0.222 e. The van der Waals surface area contributed by atoms with Crippen LogP contribution in [0.15, 0.2) is 12.1 Å². The first-order chi connectivity index (χ1) is 9.02. The van der Waals surface area contributed by atoms with Gasteiger partial charge in [0, 0.05) is 19.5 Å². The van der Waals surface area contributed by atoms with E-state index in [1.165, 1.54) is 5.56 Å². The van der Waals surface area contributed by atoms with Crippen molar-refractivity contribution < 1.29 is 9.90 Å². The van der Waals surface area contributed by atoms with Gasteiger partial charge >= 0.3 is 0 Å². The average molecular weight is 261 g/mol. The molecule has 0 aliphatic carbocycles. The van der Waals surface area contributed by atoms with Gasteiger partial charge in [-0.2, -0.15) is 0 Å². The van der Waals surface area contributed by atoms with Crippen molar-refractivity contribution in [2.24, 2.45) is 0 Å². The third-order valence-corrected chi connectivity index (χ3v) is 4.13. The molecule has 1 aliphatic rings. The largest absolute Gasteiger partial charge is 0.507 e. The van der Waals surface area contributed by atoms with Gasteiger partial charge in [-0.3, -0.25) is 4.79 Å². The summed E-state index contributed by atoms with van der Waals surface area (Å²) in [6, 6.07) is 4.18. The first-order valence-corrected chi connectivity index (χ1v) is 7.10. The molecule has 1 aromatic carbocycles. The van der Waals surface area contributed by atoms with E-state index in [1.807, 2.05) is 25.7 Å². The quantitative estimate of drug-likeness (QED) is 0.888. The molecule has 0 spiro atoms. The smallest absolute Gasteiger partial charge is 0.222 e. The molecule has 1 heterocycles. The van der Waals surface area contributed by atoms with E-state index >= 15 is 0 Å². The Morgan fingerprint density at radius 1 is 1.26 bits per heavy atom. The molecule has 1 aromatic rings. The van der Waals surface area contributed by atoms with Crippen LogP contribution >= 0.6 is 0 Å². The highest BCUT2D eigenvalue weighted by molar-refractivity contribution is 5.75. The number of carbonyl (C=O) groups excluding carboxylic acids is 1. The molecule has 1 amide bonds. The highest BCUT2D eigenvalue weighted by atomic mass is 16.3. The summed E-state index contributed by atoms with van der Waals surface area (Å²) >= 11 is 0. The number of rotatable bonds is 2. The van der Waals surface area contributed by atoms with E-state index in [0.717, 1.165) is 37.1 Å². The molecule has 0 aromatic heterocycles. The van der Waals surface area contributed by atoms with E-state index in [4.69, 9.17) is 0 Å². The molecule has 0 bridgehead atoms. The Kier molecular flexibility index (Phi) is 4.13. The molecule has 0 atom stereocenters. The molecule has 0 saturated carbocycles. The lowest BCUT2D eigenvalue weighted by Crippen LogP contribution is -2.37. The zero-order chi connectivity index (χ0) is 14.0. The van der Waals surface area contributed by atoms with Crippen LogP contribution in [0.2, 0.25) is 0 Å². The van der Waals surface area contributed by atoms with Gasteiger partial charge in [-0.1, -0.05) is 19.1 Å². The van der Waals surface area contributed by atoms with Gasteiger partial charge in [-0.05, 0) is 49.3 Å². The zero-order valence-electron chi connectivity index (χ0n) is 12.1. The van der Waals surface area contributed by atoms with Gasteiger partial charge < -0.3 is 10.0 Å². The summed E-state index contributed by atoms with van der Waals surface area (Å²) in [6.45, 7) is 7.52. The van der Waals surface area contributed by atoms with Crippen LogP contribution in [0, 0.1) is 13.8 Å². The van der Waals surface area contributed by atoms with E-state index in [2.05, 4.69) is 12.1 Å². The molecule has 3 heteroatoms. The number of nitrogens with zero attached hydrogens (tertiary/aromatic N) is 1. The number of hydrogen-bond donors (Lipinski definition) is 1. The van der Waals surface area contributed by atoms with Crippen LogP contribution in [-0.4, -0.2) is 29.0 Å². The van der Waals surface area contributed by atoms with Crippen LogP contribution in [0.5, 0.6) is 5.75 Å². The van der Waals surface area contributed by atoms with E-state index in [0.29, 0.717) is 18.1 Å². The van der Waals surface area contributed by atoms with E-state index in [1.54, 1.807) is 0 Å². The fourth-order valence-electron chi connectivity index (χ4n) is 2.91. The van der Waals surface area contributed by atoms with E-state index in [9.17, 15) is 9.90 Å². The molecule has 1 aliphatic heterocycles. The summed E-state index contributed by atoms with van der Waals surface area (Å²) in [5, 5.41) is 9.82. The second kappa shape index (κ2) is 5.64. The zero-order valence-corrected chi connectivity index (χ0v) is 12.1. The predicted octanol–water partition coefficient (Wildman–Crippen LogP) is 3.13. The molecule has 19 heavy (non-hydrogen) atoms. The fraction of sp³-hybridized carbons (Fsp3) is 0.562. The lowest BCUT2D eigenvalue weighted by atomic mass is 9.87. The molecular weight excluding hydrogens is 238 g/mol. The maximum atomic E-state index is 11.7. The van der Waals surface area contributed by atoms with Gasteiger partial charge in [-0.15, -0.1) is 0 Å². The van der Waals surface area contributed by atoms with Crippen LogP contribution < -0.4 is 0 Å². The average Bonchev–Trinajstić information content (AvgIpc) is 2.43. The van der Waals surface area contributed by atoms with Gasteiger partial charge in [0.05, 0.1) is 0 Å². The van der Waals surface area contributed by atoms with Crippen molar-refractivity contribution in [3.8, 4) is 5.75 Å². The van der Waals surface area contributed by atoms with Crippen molar-refractivity contribution >= 4 is 5.91 Å². The lowest BCUT2D eigenvalue weighted by Gasteiger charge is -2.32. The maximum absolute atomic E-state index is 11.7. The highest BCUT2D eigenvalue weighted by Crippen LogP contribution is 2.32. The molecule has 1 fully saturated rings. The minimum absolute atomic E-state index is 0.261. The molecule has 0 radical (unpaired) electrons. The molecule has 3 nitrogen and oxygen atoms in total. The number of carbonyl (C=O) groups is 1. The number of phenols is 1. The van der Waals surface area contributed by atoms with Crippen LogP contribution in [0.1, 0.15) is 48.8 Å².